The molecule has 1 heterocycles. The zero-order chi connectivity index (χ0) is 20.2. The van der Waals surface area contributed by atoms with E-state index in [-0.39, 0.29) is 25.4 Å². The second-order valence-electron chi connectivity index (χ2n) is 6.68. The molecule has 0 saturated carbocycles. The van der Waals surface area contributed by atoms with Crippen LogP contribution in [-0.4, -0.2) is 60.5 Å². The Labute approximate surface area is 156 Å². The fourth-order valence-electron chi connectivity index (χ4n) is 2.67. The highest BCUT2D eigenvalue weighted by Gasteiger charge is 2.40. The zero-order valence-electron chi connectivity index (χ0n) is 15.6. The average Bonchev–Trinajstić information content (AvgIpc) is 2.63. The molecule has 1 aliphatic heterocycles. The van der Waals surface area contributed by atoms with Gasteiger partial charge >= 0.3 is 6.09 Å². The van der Waals surface area contributed by atoms with Crippen LogP contribution >= 0.6 is 0 Å². The number of amides is 3. The molecule has 0 bridgehead atoms. The summed E-state index contributed by atoms with van der Waals surface area (Å²) in [6.07, 6.45) is -0.437. The summed E-state index contributed by atoms with van der Waals surface area (Å²) in [5, 5.41) is 2.33. The molecule has 9 heteroatoms. The van der Waals surface area contributed by atoms with E-state index in [1.165, 1.54) is 23.6 Å². The quantitative estimate of drug-likeness (QED) is 0.809. The number of piperazine rings is 1. The van der Waals surface area contributed by atoms with Crippen molar-refractivity contribution in [2.45, 2.75) is 20.8 Å². The third-order valence-electron chi connectivity index (χ3n) is 4.37. The van der Waals surface area contributed by atoms with E-state index in [2.05, 4.69) is 5.32 Å². The van der Waals surface area contributed by atoms with Crippen LogP contribution in [0.2, 0.25) is 0 Å². The van der Waals surface area contributed by atoms with E-state index in [4.69, 9.17) is 4.74 Å². The fourth-order valence-corrected chi connectivity index (χ4v) is 2.67. The van der Waals surface area contributed by atoms with Gasteiger partial charge < -0.3 is 19.9 Å². The summed E-state index contributed by atoms with van der Waals surface area (Å²) in [4.78, 5) is 40.0. The predicted molar refractivity (Wildman–Crippen MR) is 93.9 cm³/mol. The molecule has 0 aliphatic carbocycles. The molecular weight excluding hydrogens is 360 g/mol. The summed E-state index contributed by atoms with van der Waals surface area (Å²) in [6, 6.07) is 2.77. The van der Waals surface area contributed by atoms with E-state index in [1.54, 1.807) is 6.92 Å². The summed E-state index contributed by atoms with van der Waals surface area (Å²) >= 11 is 0. The van der Waals surface area contributed by atoms with E-state index in [9.17, 15) is 23.2 Å². The molecule has 148 valence electrons. The smallest absolute Gasteiger partial charge is 0.409 e. The molecule has 0 atom stereocenters. The first-order valence-corrected chi connectivity index (χ1v) is 8.64. The highest BCUT2D eigenvalue weighted by atomic mass is 19.1. The van der Waals surface area contributed by atoms with Gasteiger partial charge in [0.2, 0.25) is 11.8 Å². The molecule has 0 radical (unpaired) electrons. The fraction of sp³-hybridized carbons (Fsp3) is 0.500. The van der Waals surface area contributed by atoms with Crippen LogP contribution in [0.4, 0.5) is 19.3 Å². The van der Waals surface area contributed by atoms with Gasteiger partial charge in [0, 0.05) is 32.2 Å². The van der Waals surface area contributed by atoms with Gasteiger partial charge in [-0.3, -0.25) is 9.59 Å². The Hall–Kier alpha value is -2.71. The van der Waals surface area contributed by atoms with Crippen LogP contribution in [0.3, 0.4) is 0 Å². The minimum absolute atomic E-state index is 0.200. The second kappa shape index (κ2) is 8.32. The lowest BCUT2D eigenvalue weighted by Gasteiger charge is -2.37. The highest BCUT2D eigenvalue weighted by molar-refractivity contribution is 6.09. The number of carbonyl (C=O) groups excluding carboxylic acids is 3. The number of hydrogen-bond acceptors (Lipinski definition) is 4. The molecule has 7 nitrogen and oxygen atoms in total. The molecule has 1 aromatic carbocycles. The summed E-state index contributed by atoms with van der Waals surface area (Å²) in [5.74, 6) is -2.83. The van der Waals surface area contributed by atoms with Crippen LogP contribution in [0.25, 0.3) is 0 Å². The first-order chi connectivity index (χ1) is 12.7. The monoisotopic (exact) mass is 383 g/mol. The molecule has 0 aromatic heterocycles. The number of carbonyl (C=O) groups is 3. The average molecular weight is 383 g/mol. The number of benzene rings is 1. The number of ether oxygens (including phenoxy) is 1. The SMILES string of the molecule is CCOC(=O)N1CCN(C(=O)C(C)(C)C(=O)Nc2ccc(F)cc2F)CC1. The zero-order valence-corrected chi connectivity index (χ0v) is 15.6. The molecule has 1 fully saturated rings. The number of anilines is 1. The van der Waals surface area contributed by atoms with Gasteiger partial charge in [-0.05, 0) is 32.9 Å². The van der Waals surface area contributed by atoms with Crippen molar-refractivity contribution in [3.63, 3.8) is 0 Å². The van der Waals surface area contributed by atoms with Crippen LogP contribution in [0.15, 0.2) is 18.2 Å². The van der Waals surface area contributed by atoms with Crippen molar-refractivity contribution in [3.8, 4) is 0 Å². The molecule has 0 unspecified atom stereocenters. The lowest BCUT2D eigenvalue weighted by atomic mass is 9.89. The minimum Gasteiger partial charge on any atom is -0.450 e. The van der Waals surface area contributed by atoms with Crippen LogP contribution < -0.4 is 5.32 Å². The maximum absolute atomic E-state index is 13.7. The van der Waals surface area contributed by atoms with E-state index >= 15 is 0 Å². The van der Waals surface area contributed by atoms with Crippen molar-refractivity contribution >= 4 is 23.6 Å². The third-order valence-corrected chi connectivity index (χ3v) is 4.37. The first kappa shape index (κ1) is 20.6. The molecule has 3 amide bonds. The van der Waals surface area contributed by atoms with Gasteiger partial charge in [-0.1, -0.05) is 0 Å². The van der Waals surface area contributed by atoms with Crippen molar-refractivity contribution in [3.05, 3.63) is 29.8 Å². The number of nitrogens with one attached hydrogen (secondary N) is 1. The Morgan fingerprint density at radius 1 is 1.11 bits per heavy atom. The number of hydrogen-bond donors (Lipinski definition) is 1. The summed E-state index contributed by atoms with van der Waals surface area (Å²) < 4.78 is 31.6. The van der Waals surface area contributed by atoms with E-state index in [1.807, 2.05) is 0 Å². The van der Waals surface area contributed by atoms with Crippen molar-refractivity contribution in [1.82, 2.24) is 9.80 Å². The Morgan fingerprint density at radius 2 is 1.70 bits per heavy atom. The maximum atomic E-state index is 13.7. The van der Waals surface area contributed by atoms with Crippen molar-refractivity contribution < 1.29 is 27.9 Å². The summed E-state index contributed by atoms with van der Waals surface area (Å²) in [7, 11) is 0. The maximum Gasteiger partial charge on any atom is 0.409 e. The minimum atomic E-state index is -1.47. The number of halogens is 2. The first-order valence-electron chi connectivity index (χ1n) is 8.64. The van der Waals surface area contributed by atoms with Crippen LogP contribution in [0.5, 0.6) is 0 Å². The molecule has 27 heavy (non-hydrogen) atoms. The van der Waals surface area contributed by atoms with Crippen molar-refractivity contribution in [2.24, 2.45) is 5.41 Å². The molecule has 1 aliphatic rings. The molecule has 1 N–H and O–H groups in total. The Bertz CT molecular complexity index is 731. The highest BCUT2D eigenvalue weighted by Crippen LogP contribution is 2.24. The standard InChI is InChI=1S/C18H23F2N3O4/c1-4-27-17(26)23-9-7-22(8-10-23)16(25)18(2,3)15(24)21-14-6-5-12(19)11-13(14)20/h5-6,11H,4,7-10H2,1-3H3,(H,21,24). The predicted octanol–water partition coefficient (Wildman–Crippen LogP) is 2.23. The van der Waals surface area contributed by atoms with Crippen molar-refractivity contribution in [1.29, 1.82) is 0 Å². The Kier molecular flexibility index (Phi) is 6.35. The molecule has 1 aromatic rings. The molecule has 0 spiro atoms. The van der Waals surface area contributed by atoms with Gasteiger partial charge in [-0.25, -0.2) is 13.6 Å². The molecule has 1 saturated heterocycles. The summed E-state index contributed by atoms with van der Waals surface area (Å²) in [6.45, 7) is 5.98. The summed E-state index contributed by atoms with van der Waals surface area (Å²) in [5.41, 5.74) is -1.66. The van der Waals surface area contributed by atoms with Crippen LogP contribution in [0.1, 0.15) is 20.8 Å². The van der Waals surface area contributed by atoms with E-state index in [0.29, 0.717) is 19.2 Å². The Morgan fingerprint density at radius 3 is 2.26 bits per heavy atom. The van der Waals surface area contributed by atoms with Gasteiger partial charge in [0.1, 0.15) is 17.0 Å². The van der Waals surface area contributed by atoms with Gasteiger partial charge in [-0.2, -0.15) is 0 Å². The van der Waals surface area contributed by atoms with Crippen LogP contribution in [0, 0.1) is 17.0 Å². The second-order valence-corrected chi connectivity index (χ2v) is 6.68. The molecule has 2 rings (SSSR count). The lowest BCUT2D eigenvalue weighted by molar-refractivity contribution is -0.147. The van der Waals surface area contributed by atoms with Gasteiger partial charge in [0.05, 0.1) is 12.3 Å². The van der Waals surface area contributed by atoms with Gasteiger partial charge in [0.15, 0.2) is 0 Å². The van der Waals surface area contributed by atoms with Gasteiger partial charge in [-0.15, -0.1) is 0 Å². The topological polar surface area (TPSA) is 79.0 Å². The number of rotatable bonds is 4. The van der Waals surface area contributed by atoms with Crippen molar-refractivity contribution in [2.75, 3.05) is 38.1 Å². The number of nitrogens with zero attached hydrogens (tertiary/aromatic N) is 2. The van der Waals surface area contributed by atoms with E-state index in [0.717, 1.165) is 12.1 Å². The van der Waals surface area contributed by atoms with E-state index < -0.39 is 35.0 Å². The largest absolute Gasteiger partial charge is 0.450 e. The Balaban J connectivity index is 2.00. The third kappa shape index (κ3) is 4.72. The van der Waals surface area contributed by atoms with Gasteiger partial charge in [0.25, 0.3) is 0 Å². The molecular formula is C18H23F2N3O4. The normalized spacial score (nSPS) is 14.7. The lowest BCUT2D eigenvalue weighted by Crippen LogP contribution is -2.55. The van der Waals surface area contributed by atoms with Crippen LogP contribution in [-0.2, 0) is 14.3 Å².